The highest BCUT2D eigenvalue weighted by Gasteiger charge is 2.23. The van der Waals surface area contributed by atoms with Crippen molar-refractivity contribution in [1.29, 1.82) is 0 Å². The molecule has 2 N–H and O–H groups in total. The van der Waals surface area contributed by atoms with Gasteiger partial charge in [0, 0.05) is 32.7 Å². The lowest BCUT2D eigenvalue weighted by atomic mass is 10.2. The fourth-order valence-corrected chi connectivity index (χ4v) is 3.44. The Hall–Kier alpha value is -1.22. The van der Waals surface area contributed by atoms with Crippen LogP contribution in [0, 0.1) is 11.7 Å². The van der Waals surface area contributed by atoms with E-state index in [1.54, 1.807) is 14.0 Å². The summed E-state index contributed by atoms with van der Waals surface area (Å²) < 4.78 is 42.1. The summed E-state index contributed by atoms with van der Waals surface area (Å²) in [5, 5.41) is 5.74. The average molecular weight is 383 g/mol. The Morgan fingerprint density at radius 3 is 2.42 bits per heavy atom. The lowest BCUT2D eigenvalue weighted by Gasteiger charge is -2.13. The zero-order valence-electron chi connectivity index (χ0n) is 13.7. The molecule has 0 aromatic heterocycles. The van der Waals surface area contributed by atoms with Gasteiger partial charge in [-0.2, -0.15) is 0 Å². The summed E-state index contributed by atoms with van der Waals surface area (Å²) in [6, 6.07) is 4.58. The summed E-state index contributed by atoms with van der Waals surface area (Å²) in [4.78, 5) is 11.9. The number of methoxy groups -OCH3 is 1. The number of benzene rings is 1. The minimum atomic E-state index is -3.62. The van der Waals surface area contributed by atoms with Crippen LogP contribution in [0.4, 0.5) is 4.39 Å². The number of sulfone groups is 1. The summed E-state index contributed by atoms with van der Waals surface area (Å²) in [5.74, 6) is -1.84. The second-order valence-corrected chi connectivity index (χ2v) is 7.20. The first-order valence-corrected chi connectivity index (χ1v) is 8.97. The average Bonchev–Trinajstić information content (AvgIpc) is 2.50. The van der Waals surface area contributed by atoms with Crippen molar-refractivity contribution in [3.8, 4) is 0 Å². The van der Waals surface area contributed by atoms with Crippen LogP contribution in [-0.4, -0.2) is 53.4 Å². The van der Waals surface area contributed by atoms with Crippen molar-refractivity contribution in [3.05, 3.63) is 30.1 Å². The Kier molecular flexibility index (Phi) is 10.8. The topological polar surface area (TPSA) is 84.5 Å². The quantitative estimate of drug-likeness (QED) is 0.466. The van der Waals surface area contributed by atoms with Crippen LogP contribution < -0.4 is 10.6 Å². The number of amides is 1. The van der Waals surface area contributed by atoms with Gasteiger partial charge in [0.1, 0.15) is 5.82 Å². The third kappa shape index (κ3) is 8.05. The van der Waals surface area contributed by atoms with Crippen LogP contribution in [-0.2, 0) is 19.4 Å². The monoisotopic (exact) mass is 382 g/mol. The van der Waals surface area contributed by atoms with Gasteiger partial charge in [-0.25, -0.2) is 12.8 Å². The fourth-order valence-electron chi connectivity index (χ4n) is 1.89. The van der Waals surface area contributed by atoms with E-state index in [0.29, 0.717) is 26.2 Å². The Labute approximate surface area is 148 Å². The zero-order chi connectivity index (χ0) is 17.3. The molecule has 9 heteroatoms. The third-order valence-electron chi connectivity index (χ3n) is 3.17. The van der Waals surface area contributed by atoms with Crippen LogP contribution in [0.2, 0.25) is 0 Å². The maximum absolute atomic E-state index is 12.8. The molecule has 1 aromatic rings. The molecule has 0 radical (unpaired) electrons. The predicted molar refractivity (Wildman–Crippen MR) is 92.6 cm³/mol. The lowest BCUT2D eigenvalue weighted by molar-refractivity contribution is -0.123. The predicted octanol–water partition coefficient (Wildman–Crippen LogP) is 1.01. The molecule has 138 valence electrons. The molecule has 0 fully saturated rings. The number of ether oxygens (including phenoxy) is 1. The van der Waals surface area contributed by atoms with E-state index in [-0.39, 0.29) is 29.0 Å². The standard InChI is InChI=1S/C15H23FN2O4S.ClH/c1-12(15(19)18-8-7-17-9-10-22-2)11-23(20,21)14-5-3-13(16)4-6-14;/h3-6,12,17H,7-11H2,1-2H3,(H,18,19);1H. The Morgan fingerprint density at radius 1 is 1.21 bits per heavy atom. The fraction of sp³-hybridized carbons (Fsp3) is 0.533. The van der Waals surface area contributed by atoms with E-state index < -0.39 is 21.6 Å². The van der Waals surface area contributed by atoms with Gasteiger partial charge in [0.25, 0.3) is 0 Å². The number of carbonyl (C=O) groups is 1. The van der Waals surface area contributed by atoms with Crippen LogP contribution in [0.3, 0.4) is 0 Å². The Balaban J connectivity index is 0.00000529. The largest absolute Gasteiger partial charge is 0.383 e. The molecule has 1 aromatic carbocycles. The Morgan fingerprint density at radius 2 is 1.83 bits per heavy atom. The molecule has 0 aliphatic carbocycles. The van der Waals surface area contributed by atoms with E-state index in [1.165, 1.54) is 12.1 Å². The molecule has 1 amide bonds. The maximum Gasteiger partial charge on any atom is 0.223 e. The molecular weight excluding hydrogens is 359 g/mol. The van der Waals surface area contributed by atoms with Crippen LogP contribution in [0.25, 0.3) is 0 Å². The minimum absolute atomic E-state index is 0. The van der Waals surface area contributed by atoms with Crippen LogP contribution in [0.1, 0.15) is 6.92 Å². The number of carbonyl (C=O) groups excluding carboxylic acids is 1. The summed E-state index contributed by atoms with van der Waals surface area (Å²) in [5.41, 5.74) is 0. The summed E-state index contributed by atoms with van der Waals surface area (Å²) >= 11 is 0. The molecule has 1 unspecified atom stereocenters. The third-order valence-corrected chi connectivity index (χ3v) is 5.10. The van der Waals surface area contributed by atoms with E-state index in [9.17, 15) is 17.6 Å². The second-order valence-electron chi connectivity index (χ2n) is 5.17. The molecular formula is C15H24ClFN2O4S. The van der Waals surface area contributed by atoms with Gasteiger partial charge in [-0.1, -0.05) is 6.92 Å². The first kappa shape index (κ1) is 22.8. The molecule has 1 atom stereocenters. The van der Waals surface area contributed by atoms with Crippen molar-refractivity contribution in [2.24, 2.45) is 5.92 Å². The maximum atomic E-state index is 12.8. The smallest absolute Gasteiger partial charge is 0.223 e. The molecule has 0 aliphatic heterocycles. The van der Waals surface area contributed by atoms with E-state index in [0.717, 1.165) is 12.1 Å². The van der Waals surface area contributed by atoms with Gasteiger partial charge in [0.15, 0.2) is 9.84 Å². The molecule has 0 heterocycles. The number of halogens is 2. The highest BCUT2D eigenvalue weighted by molar-refractivity contribution is 7.91. The van der Waals surface area contributed by atoms with Crippen molar-refractivity contribution in [1.82, 2.24) is 10.6 Å². The van der Waals surface area contributed by atoms with Crippen molar-refractivity contribution >= 4 is 28.2 Å². The highest BCUT2D eigenvalue weighted by atomic mass is 35.5. The van der Waals surface area contributed by atoms with E-state index in [2.05, 4.69) is 10.6 Å². The van der Waals surface area contributed by atoms with Gasteiger partial charge >= 0.3 is 0 Å². The van der Waals surface area contributed by atoms with Gasteiger partial charge in [-0.15, -0.1) is 12.4 Å². The number of nitrogens with one attached hydrogen (secondary N) is 2. The lowest BCUT2D eigenvalue weighted by Crippen LogP contribution is -2.37. The number of hydrogen-bond donors (Lipinski definition) is 2. The highest BCUT2D eigenvalue weighted by Crippen LogP contribution is 2.15. The first-order valence-electron chi connectivity index (χ1n) is 7.32. The molecule has 24 heavy (non-hydrogen) atoms. The van der Waals surface area contributed by atoms with Crippen molar-refractivity contribution in [3.63, 3.8) is 0 Å². The molecule has 0 spiro atoms. The first-order chi connectivity index (χ1) is 10.9. The minimum Gasteiger partial charge on any atom is -0.383 e. The molecule has 0 saturated heterocycles. The molecule has 0 saturated carbocycles. The van der Waals surface area contributed by atoms with Crippen LogP contribution in [0.5, 0.6) is 0 Å². The van der Waals surface area contributed by atoms with Gasteiger partial charge in [0.05, 0.1) is 17.3 Å². The van der Waals surface area contributed by atoms with E-state index in [1.807, 2.05) is 0 Å². The normalized spacial score (nSPS) is 12.3. The molecule has 0 aliphatic rings. The number of rotatable bonds is 10. The van der Waals surface area contributed by atoms with Gasteiger partial charge in [0.2, 0.25) is 5.91 Å². The van der Waals surface area contributed by atoms with Gasteiger partial charge in [-0.3, -0.25) is 4.79 Å². The molecule has 0 bridgehead atoms. The molecule has 6 nitrogen and oxygen atoms in total. The van der Waals surface area contributed by atoms with Crippen molar-refractivity contribution in [2.45, 2.75) is 11.8 Å². The summed E-state index contributed by atoms with van der Waals surface area (Å²) in [6.45, 7) is 3.80. The van der Waals surface area contributed by atoms with Gasteiger partial charge < -0.3 is 15.4 Å². The van der Waals surface area contributed by atoms with Crippen molar-refractivity contribution < 1.29 is 22.3 Å². The van der Waals surface area contributed by atoms with Crippen LogP contribution >= 0.6 is 12.4 Å². The van der Waals surface area contributed by atoms with Gasteiger partial charge in [-0.05, 0) is 24.3 Å². The SMILES string of the molecule is COCCNCCNC(=O)C(C)CS(=O)(=O)c1ccc(F)cc1.Cl. The Bertz CT molecular complexity index is 596. The zero-order valence-corrected chi connectivity index (χ0v) is 15.4. The number of hydrogen-bond acceptors (Lipinski definition) is 5. The van der Waals surface area contributed by atoms with E-state index >= 15 is 0 Å². The summed E-state index contributed by atoms with van der Waals surface area (Å²) in [6.07, 6.45) is 0. The summed E-state index contributed by atoms with van der Waals surface area (Å²) in [7, 11) is -2.02. The van der Waals surface area contributed by atoms with E-state index in [4.69, 9.17) is 4.74 Å². The van der Waals surface area contributed by atoms with Crippen molar-refractivity contribution in [2.75, 3.05) is 39.1 Å². The van der Waals surface area contributed by atoms with Crippen LogP contribution in [0.15, 0.2) is 29.2 Å². The molecule has 1 rings (SSSR count). The second kappa shape index (κ2) is 11.4.